The lowest BCUT2D eigenvalue weighted by Gasteiger charge is -2.09. The van der Waals surface area contributed by atoms with Gasteiger partial charge in [-0.05, 0) is 51.8 Å². The average molecular weight is 376 g/mol. The van der Waals surface area contributed by atoms with E-state index in [1.165, 1.54) is 6.07 Å². The van der Waals surface area contributed by atoms with Crippen LogP contribution in [-0.4, -0.2) is 8.42 Å². The highest BCUT2D eigenvalue weighted by Crippen LogP contribution is 2.24. The van der Waals surface area contributed by atoms with Gasteiger partial charge in [-0.25, -0.2) is 13.1 Å². The van der Waals surface area contributed by atoms with E-state index in [2.05, 4.69) is 20.7 Å². The van der Waals surface area contributed by atoms with Crippen LogP contribution in [0.4, 0.5) is 5.69 Å². The molecule has 2 aromatic rings. The van der Waals surface area contributed by atoms with Crippen molar-refractivity contribution in [1.82, 2.24) is 4.72 Å². The van der Waals surface area contributed by atoms with E-state index in [4.69, 9.17) is 17.3 Å². The summed E-state index contributed by atoms with van der Waals surface area (Å²) in [5.41, 5.74) is 6.87. The van der Waals surface area contributed by atoms with Crippen molar-refractivity contribution in [3.05, 3.63) is 57.5 Å². The maximum Gasteiger partial charge on any atom is 0.241 e. The topological polar surface area (TPSA) is 72.2 Å². The molecule has 0 unspecified atom stereocenters. The third-order valence-corrected chi connectivity index (χ3v) is 5.21. The Morgan fingerprint density at radius 2 is 1.95 bits per heavy atom. The molecule has 0 spiro atoms. The van der Waals surface area contributed by atoms with Gasteiger partial charge in [0.15, 0.2) is 0 Å². The molecule has 7 heteroatoms. The normalized spacial score (nSPS) is 11.5. The molecule has 0 aliphatic heterocycles. The second-order valence-electron chi connectivity index (χ2n) is 4.14. The molecule has 0 bridgehead atoms. The smallest absolute Gasteiger partial charge is 0.241 e. The standard InChI is InChI=1S/C13H12BrClN2O2S/c14-12-7-11(16)4-5-13(12)20(18,19)17-8-9-2-1-3-10(15)6-9/h1-7,17H,8,16H2. The molecular weight excluding hydrogens is 364 g/mol. The van der Waals surface area contributed by atoms with Gasteiger partial charge in [-0.2, -0.15) is 0 Å². The van der Waals surface area contributed by atoms with Gasteiger partial charge in [0.25, 0.3) is 0 Å². The Kier molecular flexibility index (Phi) is 4.70. The fraction of sp³-hybridized carbons (Fsp3) is 0.0769. The first kappa shape index (κ1) is 15.3. The molecule has 0 radical (unpaired) electrons. The predicted molar refractivity (Wildman–Crippen MR) is 84.0 cm³/mol. The van der Waals surface area contributed by atoms with Crippen molar-refractivity contribution < 1.29 is 8.42 Å². The van der Waals surface area contributed by atoms with Crippen molar-refractivity contribution in [2.75, 3.05) is 5.73 Å². The molecule has 106 valence electrons. The fourth-order valence-electron chi connectivity index (χ4n) is 1.64. The number of nitrogens with one attached hydrogen (secondary N) is 1. The lowest BCUT2D eigenvalue weighted by atomic mass is 10.2. The number of hydrogen-bond acceptors (Lipinski definition) is 3. The van der Waals surface area contributed by atoms with Gasteiger partial charge in [0.1, 0.15) is 0 Å². The lowest BCUT2D eigenvalue weighted by molar-refractivity contribution is 0.581. The van der Waals surface area contributed by atoms with E-state index in [1.54, 1.807) is 36.4 Å². The van der Waals surface area contributed by atoms with E-state index in [0.717, 1.165) is 5.56 Å². The number of benzene rings is 2. The second kappa shape index (κ2) is 6.13. The van der Waals surface area contributed by atoms with E-state index in [0.29, 0.717) is 15.2 Å². The highest BCUT2D eigenvalue weighted by atomic mass is 79.9. The minimum atomic E-state index is -3.61. The van der Waals surface area contributed by atoms with Crippen LogP contribution in [-0.2, 0) is 16.6 Å². The average Bonchev–Trinajstić information content (AvgIpc) is 2.36. The Labute approximate surface area is 131 Å². The van der Waals surface area contributed by atoms with Gasteiger partial charge in [-0.1, -0.05) is 23.7 Å². The van der Waals surface area contributed by atoms with Crippen LogP contribution in [0.1, 0.15) is 5.56 Å². The quantitative estimate of drug-likeness (QED) is 0.806. The zero-order valence-corrected chi connectivity index (χ0v) is 13.5. The number of nitrogen functional groups attached to an aromatic ring is 1. The highest BCUT2D eigenvalue weighted by Gasteiger charge is 2.17. The molecule has 0 heterocycles. The minimum Gasteiger partial charge on any atom is -0.399 e. The van der Waals surface area contributed by atoms with Crippen molar-refractivity contribution in [1.29, 1.82) is 0 Å². The van der Waals surface area contributed by atoms with Crippen LogP contribution in [0.3, 0.4) is 0 Å². The van der Waals surface area contributed by atoms with Gasteiger partial charge in [-0.3, -0.25) is 0 Å². The summed E-state index contributed by atoms with van der Waals surface area (Å²) in [6, 6.07) is 11.6. The van der Waals surface area contributed by atoms with Crippen LogP contribution in [0.2, 0.25) is 5.02 Å². The van der Waals surface area contributed by atoms with E-state index in [9.17, 15) is 8.42 Å². The fourth-order valence-corrected chi connectivity index (χ4v) is 3.96. The maximum atomic E-state index is 12.2. The molecule has 0 aliphatic rings. The number of halogens is 2. The summed E-state index contributed by atoms with van der Waals surface area (Å²) in [5, 5.41) is 0.565. The largest absolute Gasteiger partial charge is 0.399 e. The number of rotatable bonds is 4. The SMILES string of the molecule is Nc1ccc(S(=O)(=O)NCc2cccc(Cl)c2)c(Br)c1. The third kappa shape index (κ3) is 3.73. The molecule has 3 N–H and O–H groups in total. The molecule has 0 aliphatic carbocycles. The molecule has 2 rings (SSSR count). The zero-order chi connectivity index (χ0) is 14.8. The van der Waals surface area contributed by atoms with Crippen LogP contribution in [0.5, 0.6) is 0 Å². The molecular formula is C13H12BrClN2O2S. The van der Waals surface area contributed by atoms with Gasteiger partial charge in [0.05, 0.1) is 4.90 Å². The van der Waals surface area contributed by atoms with Crippen molar-refractivity contribution in [2.24, 2.45) is 0 Å². The molecule has 20 heavy (non-hydrogen) atoms. The predicted octanol–water partition coefficient (Wildman–Crippen LogP) is 3.16. The summed E-state index contributed by atoms with van der Waals surface area (Å²) in [5.74, 6) is 0. The van der Waals surface area contributed by atoms with E-state index in [-0.39, 0.29) is 11.4 Å². The number of sulfonamides is 1. The molecule has 0 fully saturated rings. The molecule has 2 aromatic carbocycles. The summed E-state index contributed by atoms with van der Waals surface area (Å²) >= 11 is 9.06. The zero-order valence-electron chi connectivity index (χ0n) is 10.3. The first-order chi connectivity index (χ1) is 9.38. The summed E-state index contributed by atoms with van der Waals surface area (Å²) in [7, 11) is -3.61. The number of nitrogens with two attached hydrogens (primary N) is 1. The Hall–Kier alpha value is -1.08. The molecule has 0 saturated carbocycles. The van der Waals surface area contributed by atoms with E-state index in [1.807, 2.05) is 0 Å². The molecule has 0 atom stereocenters. The maximum absolute atomic E-state index is 12.2. The monoisotopic (exact) mass is 374 g/mol. The van der Waals surface area contributed by atoms with Crippen LogP contribution in [0, 0.1) is 0 Å². The molecule has 0 saturated heterocycles. The van der Waals surface area contributed by atoms with Crippen LogP contribution >= 0.6 is 27.5 Å². The Balaban J connectivity index is 2.19. The van der Waals surface area contributed by atoms with E-state index < -0.39 is 10.0 Å². The number of hydrogen-bond donors (Lipinski definition) is 2. The first-order valence-electron chi connectivity index (χ1n) is 5.67. The van der Waals surface area contributed by atoms with Gasteiger partial charge in [0.2, 0.25) is 10.0 Å². The molecule has 0 aromatic heterocycles. The molecule has 4 nitrogen and oxygen atoms in total. The van der Waals surface area contributed by atoms with Gasteiger partial charge in [-0.15, -0.1) is 0 Å². The van der Waals surface area contributed by atoms with Gasteiger partial charge in [0, 0.05) is 21.7 Å². The van der Waals surface area contributed by atoms with Crippen LogP contribution in [0.15, 0.2) is 51.8 Å². The first-order valence-corrected chi connectivity index (χ1v) is 8.33. The second-order valence-corrected chi connectivity index (χ2v) is 7.17. The summed E-state index contributed by atoms with van der Waals surface area (Å²) in [6.45, 7) is 0.166. The van der Waals surface area contributed by atoms with Crippen molar-refractivity contribution in [3.63, 3.8) is 0 Å². The highest BCUT2D eigenvalue weighted by molar-refractivity contribution is 9.10. The Bertz CT molecular complexity index is 735. The van der Waals surface area contributed by atoms with Gasteiger partial charge < -0.3 is 5.73 Å². The van der Waals surface area contributed by atoms with E-state index >= 15 is 0 Å². The van der Waals surface area contributed by atoms with Crippen LogP contribution < -0.4 is 10.5 Å². The van der Waals surface area contributed by atoms with Gasteiger partial charge >= 0.3 is 0 Å². The van der Waals surface area contributed by atoms with Crippen molar-refractivity contribution in [2.45, 2.75) is 11.4 Å². The summed E-state index contributed by atoms with van der Waals surface area (Å²) in [4.78, 5) is 0.147. The summed E-state index contributed by atoms with van der Waals surface area (Å²) in [6.07, 6.45) is 0. The van der Waals surface area contributed by atoms with Crippen molar-refractivity contribution in [3.8, 4) is 0 Å². The Morgan fingerprint density at radius 1 is 1.20 bits per heavy atom. The number of anilines is 1. The molecule has 0 amide bonds. The third-order valence-electron chi connectivity index (χ3n) is 2.60. The Morgan fingerprint density at radius 3 is 2.60 bits per heavy atom. The lowest BCUT2D eigenvalue weighted by Crippen LogP contribution is -2.23. The van der Waals surface area contributed by atoms with Crippen molar-refractivity contribution >= 4 is 43.2 Å². The summed E-state index contributed by atoms with van der Waals surface area (Å²) < 4.78 is 27.4. The van der Waals surface area contributed by atoms with Crippen LogP contribution in [0.25, 0.3) is 0 Å². The minimum absolute atomic E-state index is 0.147.